The molecular formula is C34H35N. The number of hydrogen-bond acceptors (Lipinski definition) is 1. The van der Waals surface area contributed by atoms with Gasteiger partial charge in [-0.15, -0.1) is 0 Å². The summed E-state index contributed by atoms with van der Waals surface area (Å²) in [5, 5.41) is 3.63. The van der Waals surface area contributed by atoms with E-state index < -0.39 is 0 Å². The molecule has 0 radical (unpaired) electrons. The van der Waals surface area contributed by atoms with Crippen LogP contribution in [0, 0.1) is 20.8 Å². The van der Waals surface area contributed by atoms with Crippen molar-refractivity contribution in [3.05, 3.63) is 143 Å². The van der Waals surface area contributed by atoms with E-state index in [0.717, 1.165) is 23.4 Å². The van der Waals surface area contributed by atoms with Crippen molar-refractivity contribution in [2.75, 3.05) is 5.32 Å². The highest BCUT2D eigenvalue weighted by Crippen LogP contribution is 2.32. The van der Waals surface area contributed by atoms with Crippen molar-refractivity contribution in [1.82, 2.24) is 0 Å². The quantitative estimate of drug-likeness (QED) is 0.278. The van der Waals surface area contributed by atoms with Gasteiger partial charge in [-0.25, -0.2) is 0 Å². The van der Waals surface area contributed by atoms with Crippen molar-refractivity contribution < 1.29 is 0 Å². The SMILES string of the molecule is C=C(C)c1ccc(CC(C(=C)Nc2ccc(-c3ccccc3C)c(C)c2)c2ccc(C)cc2)cc1. The van der Waals surface area contributed by atoms with Crippen LogP contribution in [0.15, 0.2) is 110 Å². The summed E-state index contributed by atoms with van der Waals surface area (Å²) in [5.41, 5.74) is 13.2. The molecule has 0 saturated heterocycles. The molecule has 0 saturated carbocycles. The van der Waals surface area contributed by atoms with Crippen LogP contribution in [0.2, 0.25) is 0 Å². The topological polar surface area (TPSA) is 12.0 Å². The molecule has 0 fully saturated rings. The van der Waals surface area contributed by atoms with Gasteiger partial charge in [-0.2, -0.15) is 0 Å². The number of hydrogen-bond donors (Lipinski definition) is 1. The van der Waals surface area contributed by atoms with Gasteiger partial charge in [0.15, 0.2) is 0 Å². The van der Waals surface area contributed by atoms with E-state index in [1.54, 1.807) is 0 Å². The Balaban J connectivity index is 1.59. The summed E-state index contributed by atoms with van der Waals surface area (Å²) in [7, 11) is 0. The normalized spacial score (nSPS) is 11.7. The third-order valence-corrected chi connectivity index (χ3v) is 6.75. The largest absolute Gasteiger partial charge is 0.359 e. The van der Waals surface area contributed by atoms with Crippen LogP contribution >= 0.6 is 0 Å². The molecule has 1 N–H and O–H groups in total. The molecule has 0 spiro atoms. The Hall–Kier alpha value is -3.84. The molecule has 0 aliphatic heterocycles. The first kappa shape index (κ1) is 24.3. The first-order valence-electron chi connectivity index (χ1n) is 12.3. The molecule has 4 aromatic rings. The number of allylic oxidation sites excluding steroid dienone is 2. The van der Waals surface area contributed by atoms with E-state index in [1.807, 2.05) is 6.92 Å². The number of benzene rings is 4. The van der Waals surface area contributed by atoms with Gasteiger partial charge in [-0.3, -0.25) is 0 Å². The third-order valence-electron chi connectivity index (χ3n) is 6.75. The van der Waals surface area contributed by atoms with Gasteiger partial charge in [-0.05, 0) is 85.2 Å². The van der Waals surface area contributed by atoms with Crippen LogP contribution in [0.5, 0.6) is 0 Å². The molecule has 1 unspecified atom stereocenters. The summed E-state index contributed by atoms with van der Waals surface area (Å²) in [4.78, 5) is 0. The van der Waals surface area contributed by atoms with Crippen LogP contribution < -0.4 is 5.32 Å². The molecule has 1 atom stereocenters. The average Bonchev–Trinajstić information content (AvgIpc) is 2.84. The lowest BCUT2D eigenvalue weighted by Crippen LogP contribution is -2.12. The van der Waals surface area contributed by atoms with Gasteiger partial charge in [0.05, 0.1) is 0 Å². The van der Waals surface area contributed by atoms with Gasteiger partial charge in [0.25, 0.3) is 0 Å². The van der Waals surface area contributed by atoms with Crippen LogP contribution in [0.3, 0.4) is 0 Å². The molecule has 4 rings (SSSR count). The Morgan fingerprint density at radius 1 is 0.743 bits per heavy atom. The standard InChI is InChI=1S/C34H35N/c1-23(2)29-17-13-28(14-18-29)22-34(30-15-11-24(3)12-16-30)27(6)35-31-19-20-33(26(5)21-31)32-10-8-7-9-25(32)4/h7-21,34-35H,1,6,22H2,2-5H3. The first-order chi connectivity index (χ1) is 16.8. The lowest BCUT2D eigenvalue weighted by molar-refractivity contribution is 0.792. The van der Waals surface area contributed by atoms with E-state index in [1.165, 1.54) is 44.5 Å². The van der Waals surface area contributed by atoms with Crippen LogP contribution in [0.25, 0.3) is 16.7 Å². The van der Waals surface area contributed by atoms with Crippen molar-refractivity contribution >= 4 is 11.3 Å². The fraction of sp³-hybridized carbons (Fsp3) is 0.176. The molecule has 35 heavy (non-hydrogen) atoms. The van der Waals surface area contributed by atoms with Crippen LogP contribution in [-0.4, -0.2) is 0 Å². The predicted octanol–water partition coefficient (Wildman–Crippen LogP) is 9.26. The Kier molecular flexibility index (Phi) is 7.36. The summed E-state index contributed by atoms with van der Waals surface area (Å²) in [6.07, 6.45) is 0.881. The van der Waals surface area contributed by atoms with E-state index in [-0.39, 0.29) is 5.92 Å². The summed E-state index contributed by atoms with van der Waals surface area (Å²) in [6, 6.07) is 32.7. The summed E-state index contributed by atoms with van der Waals surface area (Å²) >= 11 is 0. The molecule has 1 heteroatoms. The maximum atomic E-state index is 4.49. The molecule has 0 bridgehead atoms. The summed E-state index contributed by atoms with van der Waals surface area (Å²) < 4.78 is 0. The number of rotatable bonds is 8. The molecule has 4 aromatic carbocycles. The van der Waals surface area contributed by atoms with Crippen molar-refractivity contribution in [2.24, 2.45) is 0 Å². The van der Waals surface area contributed by atoms with Crippen LogP contribution in [-0.2, 0) is 6.42 Å². The van der Waals surface area contributed by atoms with Gasteiger partial charge in [0, 0.05) is 17.3 Å². The molecular weight excluding hydrogens is 422 g/mol. The van der Waals surface area contributed by atoms with E-state index in [9.17, 15) is 0 Å². The van der Waals surface area contributed by atoms with Gasteiger partial charge >= 0.3 is 0 Å². The van der Waals surface area contributed by atoms with Crippen molar-refractivity contribution in [3.63, 3.8) is 0 Å². The van der Waals surface area contributed by atoms with E-state index >= 15 is 0 Å². The highest BCUT2D eigenvalue weighted by molar-refractivity contribution is 5.73. The molecule has 1 nitrogen and oxygen atoms in total. The molecule has 176 valence electrons. The van der Waals surface area contributed by atoms with Gasteiger partial charge < -0.3 is 5.32 Å². The zero-order valence-corrected chi connectivity index (χ0v) is 21.4. The van der Waals surface area contributed by atoms with Gasteiger partial charge in [0.1, 0.15) is 0 Å². The van der Waals surface area contributed by atoms with E-state index in [4.69, 9.17) is 0 Å². The third kappa shape index (κ3) is 5.81. The lowest BCUT2D eigenvalue weighted by atomic mass is 9.88. The Morgan fingerprint density at radius 2 is 1.40 bits per heavy atom. The zero-order chi connectivity index (χ0) is 24.9. The molecule has 0 amide bonds. The van der Waals surface area contributed by atoms with Gasteiger partial charge in [-0.1, -0.05) is 103 Å². The Morgan fingerprint density at radius 3 is 2.03 bits per heavy atom. The highest BCUT2D eigenvalue weighted by atomic mass is 14.9. The fourth-order valence-electron chi connectivity index (χ4n) is 4.59. The second-order valence-corrected chi connectivity index (χ2v) is 9.64. The maximum absolute atomic E-state index is 4.49. The predicted molar refractivity (Wildman–Crippen MR) is 153 cm³/mol. The average molecular weight is 458 g/mol. The summed E-state index contributed by atoms with van der Waals surface area (Å²) in [5.74, 6) is 0.155. The van der Waals surface area contributed by atoms with Crippen LogP contribution in [0.4, 0.5) is 5.69 Å². The van der Waals surface area contributed by atoms with Crippen molar-refractivity contribution in [1.29, 1.82) is 0 Å². The zero-order valence-electron chi connectivity index (χ0n) is 21.4. The Bertz CT molecular complexity index is 1340. The smallest absolute Gasteiger partial charge is 0.0384 e. The number of nitrogens with one attached hydrogen (secondary N) is 1. The Labute approximate surface area is 210 Å². The number of anilines is 1. The minimum absolute atomic E-state index is 0.155. The molecule has 0 aliphatic rings. The number of aryl methyl sites for hydroxylation is 3. The summed E-state index contributed by atoms with van der Waals surface area (Å²) in [6.45, 7) is 17.1. The first-order valence-corrected chi connectivity index (χ1v) is 12.3. The highest BCUT2D eigenvalue weighted by Gasteiger charge is 2.17. The minimum Gasteiger partial charge on any atom is -0.359 e. The lowest BCUT2D eigenvalue weighted by Gasteiger charge is -2.23. The second-order valence-electron chi connectivity index (χ2n) is 9.64. The molecule has 0 aromatic heterocycles. The van der Waals surface area contributed by atoms with Crippen LogP contribution in [0.1, 0.15) is 46.2 Å². The second kappa shape index (κ2) is 10.6. The molecule has 0 heterocycles. The maximum Gasteiger partial charge on any atom is 0.0384 e. The molecule has 0 aliphatic carbocycles. The van der Waals surface area contributed by atoms with Gasteiger partial charge in [0.2, 0.25) is 0 Å². The monoisotopic (exact) mass is 457 g/mol. The van der Waals surface area contributed by atoms with Crippen molar-refractivity contribution in [2.45, 2.75) is 40.0 Å². The van der Waals surface area contributed by atoms with E-state index in [2.05, 4.69) is 130 Å². The van der Waals surface area contributed by atoms with E-state index in [0.29, 0.717) is 0 Å². The minimum atomic E-state index is 0.155. The van der Waals surface area contributed by atoms with Crippen molar-refractivity contribution in [3.8, 4) is 11.1 Å². The fourth-order valence-corrected chi connectivity index (χ4v) is 4.59.